The van der Waals surface area contributed by atoms with Crippen molar-refractivity contribution in [3.05, 3.63) is 131 Å². The maximum Gasteiger partial charge on any atom is 0.336 e. The molecule has 2 N–H and O–H groups in total. The molecule has 41 heavy (non-hydrogen) atoms. The van der Waals surface area contributed by atoms with Crippen LogP contribution in [0.15, 0.2) is 114 Å². The number of nitrogens with one attached hydrogen (secondary N) is 1. The summed E-state index contributed by atoms with van der Waals surface area (Å²) in [6.07, 6.45) is 0. The maximum absolute atomic E-state index is 12.4. The van der Waals surface area contributed by atoms with Crippen LogP contribution < -0.4 is 15.2 Å². The number of hydrogen-bond acceptors (Lipinski definition) is 3. The van der Waals surface area contributed by atoms with E-state index in [1.54, 1.807) is 12.1 Å². The third kappa shape index (κ3) is 4.98. The van der Waals surface area contributed by atoms with Crippen molar-refractivity contribution in [2.75, 3.05) is 11.9 Å². The van der Waals surface area contributed by atoms with Crippen LogP contribution in [0, 0.1) is 13.8 Å². The fourth-order valence-corrected chi connectivity index (χ4v) is 5.42. The van der Waals surface area contributed by atoms with Gasteiger partial charge in [0.15, 0.2) is 0 Å². The Kier molecular flexibility index (Phi) is 6.86. The molecule has 2 aliphatic rings. The number of carboxylic acid groups (broad SMARTS) is 1. The van der Waals surface area contributed by atoms with Gasteiger partial charge in [0.2, 0.25) is 11.0 Å². The summed E-state index contributed by atoms with van der Waals surface area (Å²) < 4.78 is 8.82. The van der Waals surface area contributed by atoms with E-state index in [9.17, 15) is 9.90 Å². The van der Waals surface area contributed by atoms with Crippen LogP contribution in [0.3, 0.4) is 0 Å². The third-order valence-electron chi connectivity index (χ3n) is 7.50. The van der Waals surface area contributed by atoms with Gasteiger partial charge in [-0.15, -0.1) is 0 Å². The van der Waals surface area contributed by atoms with Gasteiger partial charge in [0.25, 0.3) is 0 Å². The lowest BCUT2D eigenvalue weighted by Gasteiger charge is -2.19. The van der Waals surface area contributed by atoms with Crippen molar-refractivity contribution in [2.45, 2.75) is 20.8 Å². The molecule has 0 fully saturated rings. The minimum atomic E-state index is -0.967. The molecule has 4 aromatic rings. The first kappa shape index (κ1) is 26.1. The molecule has 0 unspecified atom stereocenters. The van der Waals surface area contributed by atoms with Gasteiger partial charge in [-0.2, -0.15) is 4.58 Å². The van der Waals surface area contributed by atoms with E-state index < -0.39 is 5.97 Å². The molecular formula is C36H31N2O3+. The summed E-state index contributed by atoms with van der Waals surface area (Å²) in [6, 6.07) is 35.9. The number of aromatic carboxylic acids is 1. The first-order valence-electron chi connectivity index (χ1n) is 13.8. The van der Waals surface area contributed by atoms with Gasteiger partial charge in [-0.1, -0.05) is 54.1 Å². The summed E-state index contributed by atoms with van der Waals surface area (Å²) in [6.45, 7) is 7.03. The highest BCUT2D eigenvalue weighted by Crippen LogP contribution is 2.43. The number of aryl methyl sites for hydroxylation is 2. The number of hydrogen-bond donors (Lipinski definition) is 2. The van der Waals surface area contributed by atoms with Gasteiger partial charge in [-0.05, 0) is 68.3 Å². The monoisotopic (exact) mass is 539 g/mol. The van der Waals surface area contributed by atoms with Crippen LogP contribution in [0.25, 0.3) is 33.4 Å². The summed E-state index contributed by atoms with van der Waals surface area (Å²) in [5.74, 6) is -0.274. The molecule has 0 saturated carbocycles. The molecule has 0 aromatic heterocycles. The van der Waals surface area contributed by atoms with E-state index in [0.29, 0.717) is 16.9 Å². The van der Waals surface area contributed by atoms with Crippen LogP contribution >= 0.6 is 0 Å². The predicted octanol–water partition coefficient (Wildman–Crippen LogP) is 8.39. The Hall–Kier alpha value is -5.16. The first-order chi connectivity index (χ1) is 19.9. The highest BCUT2D eigenvalue weighted by atomic mass is 16.4. The Morgan fingerprint density at radius 3 is 2.29 bits per heavy atom. The van der Waals surface area contributed by atoms with Gasteiger partial charge in [-0.3, -0.25) is 0 Å². The second-order valence-corrected chi connectivity index (χ2v) is 10.2. The Balaban J connectivity index is 1.66. The van der Waals surface area contributed by atoms with E-state index in [2.05, 4.69) is 66.2 Å². The standard InChI is InChI=1S/C36H30N2O3/c1-4-38(26-16-14-23(2)15-17-26)27-18-19-30-34(21-27)41-33-20-24(3)32(37-25-10-6-5-7-11-25)22-31(33)35(30)28-12-8-9-13-29(28)36(39)40/h5-22,37H,4H2,1-3H3/p+1. The van der Waals surface area contributed by atoms with Crippen molar-refractivity contribution in [1.29, 1.82) is 0 Å². The zero-order valence-corrected chi connectivity index (χ0v) is 23.3. The SMILES string of the molecule is CC[N+](c1ccc(C)cc1)=c1ccc2c(-c3ccccc3C(=O)O)c3cc(Nc4ccccc4)c(C)cc3oc-2c1. The maximum atomic E-state index is 12.4. The number of nitrogens with zero attached hydrogens (tertiary/aromatic N) is 1. The van der Waals surface area contributed by atoms with Crippen molar-refractivity contribution in [2.24, 2.45) is 0 Å². The zero-order valence-electron chi connectivity index (χ0n) is 23.3. The first-order valence-corrected chi connectivity index (χ1v) is 13.8. The van der Waals surface area contributed by atoms with Gasteiger partial charge in [0.05, 0.1) is 11.6 Å². The third-order valence-corrected chi connectivity index (χ3v) is 7.50. The number of fused-ring (bicyclic) bond motifs is 2. The smallest absolute Gasteiger partial charge is 0.336 e. The summed E-state index contributed by atoms with van der Waals surface area (Å²) in [5, 5.41) is 15.5. The average Bonchev–Trinajstić information content (AvgIpc) is 2.98. The lowest BCUT2D eigenvalue weighted by molar-refractivity contribution is 0.0697. The predicted molar refractivity (Wildman–Crippen MR) is 166 cm³/mol. The van der Waals surface area contributed by atoms with E-state index in [-0.39, 0.29) is 5.56 Å². The quantitative estimate of drug-likeness (QED) is 0.165. The molecule has 4 aromatic carbocycles. The lowest BCUT2D eigenvalue weighted by atomic mass is 9.90. The summed E-state index contributed by atoms with van der Waals surface area (Å²) >= 11 is 0. The number of carbonyl (C=O) groups is 1. The molecule has 0 atom stereocenters. The second-order valence-electron chi connectivity index (χ2n) is 10.2. The van der Waals surface area contributed by atoms with Crippen molar-refractivity contribution < 1.29 is 14.3 Å². The largest absolute Gasteiger partial charge is 0.478 e. The Bertz CT molecular complexity index is 1940. The van der Waals surface area contributed by atoms with Crippen LogP contribution in [-0.2, 0) is 0 Å². The molecule has 202 valence electrons. The normalized spacial score (nSPS) is 12.0. The van der Waals surface area contributed by atoms with E-state index in [1.807, 2.05) is 61.5 Å². The van der Waals surface area contributed by atoms with Gasteiger partial charge >= 0.3 is 5.97 Å². The van der Waals surface area contributed by atoms with Crippen LogP contribution in [0.2, 0.25) is 0 Å². The molecule has 1 aliphatic carbocycles. The number of rotatable bonds is 6. The molecular weight excluding hydrogens is 508 g/mol. The topological polar surface area (TPSA) is 65.5 Å². The van der Waals surface area contributed by atoms with Crippen LogP contribution in [0.5, 0.6) is 0 Å². The van der Waals surface area contributed by atoms with Crippen LogP contribution in [-0.4, -0.2) is 17.6 Å². The highest BCUT2D eigenvalue weighted by Gasteiger charge is 2.23. The number of benzene rings is 5. The fraction of sp³-hybridized carbons (Fsp3) is 0.111. The average molecular weight is 540 g/mol. The minimum Gasteiger partial charge on any atom is -0.478 e. The van der Waals surface area contributed by atoms with E-state index in [1.165, 1.54) is 5.56 Å². The molecule has 0 bridgehead atoms. The zero-order chi connectivity index (χ0) is 28.5. The molecule has 0 amide bonds. The van der Waals surface area contributed by atoms with Crippen LogP contribution in [0.1, 0.15) is 28.4 Å². The van der Waals surface area contributed by atoms with E-state index in [4.69, 9.17) is 4.42 Å². The Morgan fingerprint density at radius 1 is 0.829 bits per heavy atom. The van der Waals surface area contributed by atoms with Gasteiger partial charge in [0.1, 0.15) is 17.9 Å². The van der Waals surface area contributed by atoms with E-state index >= 15 is 0 Å². The van der Waals surface area contributed by atoms with E-state index in [0.717, 1.165) is 51.0 Å². The van der Waals surface area contributed by atoms with Crippen molar-refractivity contribution in [3.63, 3.8) is 0 Å². The number of anilines is 2. The Labute approximate surface area is 239 Å². The van der Waals surface area contributed by atoms with Gasteiger partial charge in [-0.25, -0.2) is 4.79 Å². The van der Waals surface area contributed by atoms with Crippen molar-refractivity contribution >= 4 is 34.0 Å². The minimum absolute atomic E-state index is 0.248. The number of para-hydroxylation sites is 1. The van der Waals surface area contributed by atoms with Gasteiger partial charge in [0, 0.05) is 46.1 Å². The van der Waals surface area contributed by atoms with Crippen LogP contribution in [0.4, 0.5) is 17.1 Å². The molecule has 5 nitrogen and oxygen atoms in total. The molecule has 0 spiro atoms. The molecule has 1 heterocycles. The molecule has 0 radical (unpaired) electrons. The van der Waals surface area contributed by atoms with Crippen molar-refractivity contribution in [1.82, 2.24) is 4.58 Å². The summed E-state index contributed by atoms with van der Waals surface area (Å²) in [4.78, 5) is 12.4. The summed E-state index contributed by atoms with van der Waals surface area (Å²) in [5.41, 5.74) is 8.51. The molecule has 0 saturated heterocycles. The molecule has 5 heteroatoms. The fourth-order valence-electron chi connectivity index (χ4n) is 5.42. The highest BCUT2D eigenvalue weighted by molar-refractivity contribution is 6.08. The molecule has 6 rings (SSSR count). The second kappa shape index (κ2) is 10.8. The summed E-state index contributed by atoms with van der Waals surface area (Å²) in [7, 11) is 0. The number of carboxylic acids is 1. The Morgan fingerprint density at radius 2 is 1.56 bits per heavy atom. The molecule has 1 aliphatic heterocycles. The van der Waals surface area contributed by atoms with Crippen molar-refractivity contribution in [3.8, 4) is 22.5 Å². The lowest BCUT2D eigenvalue weighted by Crippen LogP contribution is -2.25. The van der Waals surface area contributed by atoms with Gasteiger partial charge < -0.3 is 14.8 Å².